The lowest BCUT2D eigenvalue weighted by Crippen LogP contribution is -2.56. The Labute approximate surface area is 265 Å². The van der Waals surface area contributed by atoms with Crippen molar-refractivity contribution in [2.75, 3.05) is 5.75 Å². The molecular weight excluding hydrogens is 582 g/mol. The summed E-state index contributed by atoms with van der Waals surface area (Å²) in [6.07, 6.45) is 0.0164. The molecule has 10 nitrogen and oxygen atoms in total. The van der Waals surface area contributed by atoms with E-state index in [0.29, 0.717) is 12.0 Å². The third-order valence-electron chi connectivity index (χ3n) is 6.88. The molecule has 11 heteroatoms. The normalized spacial score (nSPS) is 18.3. The van der Waals surface area contributed by atoms with E-state index in [1.165, 1.54) is 17.0 Å². The Morgan fingerprint density at radius 2 is 1.48 bits per heavy atom. The van der Waals surface area contributed by atoms with Crippen molar-refractivity contribution in [3.8, 4) is 5.75 Å². The molecule has 5 unspecified atom stereocenters. The number of amides is 3. The molecule has 240 valence electrons. The van der Waals surface area contributed by atoms with Crippen LogP contribution in [-0.2, 0) is 30.3 Å². The number of carbonyl (C=O) groups is 4. The number of aromatic hydroxyl groups is 1. The quantitative estimate of drug-likeness (QED) is 0.212. The van der Waals surface area contributed by atoms with Crippen LogP contribution < -0.4 is 10.6 Å². The Balaban J connectivity index is 2.01. The van der Waals surface area contributed by atoms with Crippen LogP contribution in [0.4, 0.5) is 4.79 Å². The van der Waals surface area contributed by atoms with Gasteiger partial charge in [0.05, 0.1) is 0 Å². The summed E-state index contributed by atoms with van der Waals surface area (Å²) in [5.74, 6) is -1.72. The van der Waals surface area contributed by atoms with Gasteiger partial charge in [-0.3, -0.25) is 9.59 Å². The van der Waals surface area contributed by atoms with Crippen LogP contribution in [-0.4, -0.2) is 69.0 Å². The van der Waals surface area contributed by atoms with Crippen molar-refractivity contribution in [1.29, 1.82) is 0 Å². The standard InChI is InChI=1S/C33H45N3O7S/c1-20-17-26(20)36(29(39)25(19-44)35-31(41)43-33(5,6)7)27(22-13-15-23(37)16-14-22)28(38)34-24(30(40)42-32(2,3)4)18-21-11-9-8-10-12-21/h8-16,20,24-27,37,44H,17-19H2,1-7H3,(H,34,38)(H,35,41). The predicted molar refractivity (Wildman–Crippen MR) is 170 cm³/mol. The van der Waals surface area contributed by atoms with Crippen LogP contribution in [0.2, 0.25) is 0 Å². The van der Waals surface area contributed by atoms with E-state index in [4.69, 9.17) is 9.47 Å². The SMILES string of the molecule is CC1CC1N(C(=O)C(CS)NC(=O)OC(C)(C)C)C(C(=O)NC(Cc1ccccc1)C(=O)OC(C)(C)C)c1ccc(O)cc1. The lowest BCUT2D eigenvalue weighted by atomic mass is 10.0. The number of benzene rings is 2. The minimum absolute atomic E-state index is 0.0129. The molecule has 2 aromatic rings. The maximum Gasteiger partial charge on any atom is 0.408 e. The van der Waals surface area contributed by atoms with Crippen molar-refractivity contribution in [1.82, 2.24) is 15.5 Å². The van der Waals surface area contributed by atoms with Gasteiger partial charge in [0, 0.05) is 18.2 Å². The zero-order valence-corrected chi connectivity index (χ0v) is 27.4. The summed E-state index contributed by atoms with van der Waals surface area (Å²) in [5.41, 5.74) is -0.356. The van der Waals surface area contributed by atoms with Crippen molar-refractivity contribution >= 4 is 36.5 Å². The highest BCUT2D eigenvalue weighted by molar-refractivity contribution is 7.80. The molecule has 0 aliphatic heterocycles. The number of nitrogens with one attached hydrogen (secondary N) is 2. The van der Waals surface area contributed by atoms with Crippen molar-refractivity contribution < 1.29 is 33.8 Å². The molecule has 0 heterocycles. The molecular formula is C33H45N3O7S. The molecule has 0 spiro atoms. The number of ether oxygens (including phenoxy) is 2. The number of phenolic OH excluding ortho intramolecular Hbond substituents is 1. The highest BCUT2D eigenvalue weighted by Gasteiger charge is 2.48. The minimum atomic E-state index is -1.19. The Kier molecular flexibility index (Phi) is 11.3. The number of hydrogen-bond donors (Lipinski definition) is 4. The Bertz CT molecular complexity index is 1310. The zero-order valence-electron chi connectivity index (χ0n) is 26.5. The van der Waals surface area contributed by atoms with Crippen LogP contribution in [0, 0.1) is 5.92 Å². The number of nitrogens with zero attached hydrogens (tertiary/aromatic N) is 1. The lowest BCUT2D eigenvalue weighted by Gasteiger charge is -2.35. The third-order valence-corrected chi connectivity index (χ3v) is 7.24. The summed E-state index contributed by atoms with van der Waals surface area (Å²) in [7, 11) is 0. The van der Waals surface area contributed by atoms with E-state index >= 15 is 0 Å². The molecule has 0 radical (unpaired) electrons. The lowest BCUT2D eigenvalue weighted by molar-refractivity contribution is -0.159. The van der Waals surface area contributed by atoms with E-state index < -0.39 is 53.2 Å². The Hall–Kier alpha value is -3.73. The van der Waals surface area contributed by atoms with Crippen LogP contribution in [0.5, 0.6) is 5.75 Å². The van der Waals surface area contributed by atoms with Gasteiger partial charge in [-0.15, -0.1) is 0 Å². The molecule has 5 atom stereocenters. The fourth-order valence-corrected chi connectivity index (χ4v) is 5.00. The summed E-state index contributed by atoms with van der Waals surface area (Å²) < 4.78 is 11.0. The first-order valence-electron chi connectivity index (χ1n) is 14.8. The number of phenols is 1. The predicted octanol–water partition coefficient (Wildman–Crippen LogP) is 4.56. The van der Waals surface area contributed by atoms with Crippen LogP contribution in [0.3, 0.4) is 0 Å². The average Bonchev–Trinajstić information content (AvgIpc) is 3.64. The van der Waals surface area contributed by atoms with Crippen LogP contribution in [0.15, 0.2) is 54.6 Å². The number of carbonyl (C=O) groups excluding carboxylic acids is 4. The van der Waals surface area contributed by atoms with E-state index in [2.05, 4.69) is 23.3 Å². The van der Waals surface area contributed by atoms with Crippen LogP contribution in [0.25, 0.3) is 0 Å². The maximum absolute atomic E-state index is 14.3. The average molecular weight is 628 g/mol. The highest BCUT2D eigenvalue weighted by Crippen LogP contribution is 2.41. The van der Waals surface area contributed by atoms with E-state index in [9.17, 15) is 24.3 Å². The highest BCUT2D eigenvalue weighted by atomic mass is 32.1. The summed E-state index contributed by atoms with van der Waals surface area (Å²) >= 11 is 4.33. The first kappa shape index (κ1) is 34.8. The number of hydrogen-bond acceptors (Lipinski definition) is 8. The van der Waals surface area contributed by atoms with E-state index in [1.807, 2.05) is 37.3 Å². The largest absolute Gasteiger partial charge is 0.508 e. The minimum Gasteiger partial charge on any atom is -0.508 e. The first-order valence-corrected chi connectivity index (χ1v) is 15.4. The van der Waals surface area contributed by atoms with E-state index in [0.717, 1.165) is 5.56 Å². The summed E-state index contributed by atoms with van der Waals surface area (Å²) in [4.78, 5) is 55.9. The van der Waals surface area contributed by atoms with Gasteiger partial charge in [-0.2, -0.15) is 12.6 Å². The van der Waals surface area contributed by atoms with Crippen LogP contribution >= 0.6 is 12.6 Å². The van der Waals surface area contributed by atoms with Gasteiger partial charge >= 0.3 is 12.1 Å². The molecule has 0 bridgehead atoms. The van der Waals surface area contributed by atoms with Gasteiger partial charge in [0.1, 0.15) is 35.1 Å². The van der Waals surface area contributed by atoms with Gasteiger partial charge in [0.2, 0.25) is 11.8 Å². The monoisotopic (exact) mass is 627 g/mol. The number of esters is 1. The second kappa shape index (κ2) is 14.4. The van der Waals surface area contributed by atoms with Gasteiger partial charge in [-0.05, 0) is 77.1 Å². The second-order valence-electron chi connectivity index (χ2n) is 13.2. The number of alkyl carbamates (subject to hydrolysis) is 1. The molecule has 1 saturated carbocycles. The molecule has 0 saturated heterocycles. The Morgan fingerprint density at radius 3 is 1.98 bits per heavy atom. The van der Waals surface area contributed by atoms with Gasteiger partial charge in [0.15, 0.2) is 0 Å². The van der Waals surface area contributed by atoms with E-state index in [-0.39, 0.29) is 29.9 Å². The molecule has 2 aromatic carbocycles. The molecule has 0 aromatic heterocycles. The second-order valence-corrected chi connectivity index (χ2v) is 13.6. The molecule has 3 N–H and O–H groups in total. The van der Waals surface area contributed by atoms with E-state index in [1.54, 1.807) is 53.7 Å². The molecule has 1 fully saturated rings. The molecule has 3 amide bonds. The molecule has 1 aliphatic rings. The van der Waals surface area contributed by atoms with Crippen molar-refractivity contribution in [3.05, 3.63) is 65.7 Å². The van der Waals surface area contributed by atoms with Gasteiger partial charge in [-0.1, -0.05) is 49.4 Å². The van der Waals surface area contributed by atoms with Crippen molar-refractivity contribution in [2.45, 2.75) is 96.7 Å². The van der Waals surface area contributed by atoms with Crippen molar-refractivity contribution in [2.24, 2.45) is 5.92 Å². The zero-order chi connectivity index (χ0) is 32.8. The van der Waals surface area contributed by atoms with Gasteiger partial charge in [-0.25, -0.2) is 9.59 Å². The molecule has 1 aliphatic carbocycles. The van der Waals surface area contributed by atoms with Crippen LogP contribution in [0.1, 0.15) is 72.1 Å². The van der Waals surface area contributed by atoms with Gasteiger partial charge < -0.3 is 30.1 Å². The summed E-state index contributed by atoms with van der Waals surface area (Å²) in [6, 6.07) is 11.5. The Morgan fingerprint density at radius 1 is 0.909 bits per heavy atom. The fourth-order valence-electron chi connectivity index (χ4n) is 4.75. The molecule has 3 rings (SSSR count). The summed E-state index contributed by atoms with van der Waals surface area (Å²) in [6.45, 7) is 12.3. The maximum atomic E-state index is 14.3. The topological polar surface area (TPSA) is 134 Å². The van der Waals surface area contributed by atoms with Gasteiger partial charge in [0.25, 0.3) is 0 Å². The summed E-state index contributed by atoms with van der Waals surface area (Å²) in [5, 5.41) is 15.4. The first-order chi connectivity index (χ1) is 20.5. The molecule has 44 heavy (non-hydrogen) atoms. The number of thiol groups is 1. The fraction of sp³-hybridized carbons (Fsp3) is 0.515. The number of rotatable bonds is 11. The van der Waals surface area contributed by atoms with Crippen molar-refractivity contribution in [3.63, 3.8) is 0 Å². The smallest absolute Gasteiger partial charge is 0.408 e. The third kappa shape index (κ3) is 10.2.